The van der Waals surface area contributed by atoms with E-state index in [-0.39, 0.29) is 16.9 Å². The third kappa shape index (κ3) is 2.55. The number of anilines is 1. The summed E-state index contributed by atoms with van der Waals surface area (Å²) in [6.45, 7) is 1.66. The van der Waals surface area contributed by atoms with E-state index in [1.807, 2.05) is 12.1 Å². The molecule has 0 aliphatic carbocycles. The Balaban J connectivity index is 2.26. The van der Waals surface area contributed by atoms with Crippen molar-refractivity contribution in [3.8, 4) is 5.75 Å². The Morgan fingerprint density at radius 1 is 1.22 bits per heavy atom. The van der Waals surface area contributed by atoms with Crippen LogP contribution in [0.5, 0.6) is 5.75 Å². The van der Waals surface area contributed by atoms with Gasteiger partial charge in [-0.3, -0.25) is 4.79 Å². The number of aromatic hydroxyl groups is 1. The van der Waals surface area contributed by atoms with Crippen LogP contribution in [0, 0.1) is 0 Å². The predicted octanol–water partition coefficient (Wildman–Crippen LogP) is 2.36. The maximum Gasteiger partial charge on any atom is 0.263 e. The van der Waals surface area contributed by atoms with Crippen molar-refractivity contribution in [3.05, 3.63) is 58.4 Å². The fourth-order valence-corrected chi connectivity index (χ4v) is 2.54. The molecule has 6 heteroatoms. The zero-order valence-electron chi connectivity index (χ0n) is 12.8. The van der Waals surface area contributed by atoms with Crippen LogP contribution in [-0.4, -0.2) is 20.4 Å². The summed E-state index contributed by atoms with van der Waals surface area (Å²) in [6, 6.07) is 12.2. The normalized spacial score (nSPS) is 11.8. The highest BCUT2D eigenvalue weighted by molar-refractivity contribution is 6.06. The van der Waals surface area contributed by atoms with Crippen molar-refractivity contribution < 1.29 is 5.11 Å². The second-order valence-corrected chi connectivity index (χ2v) is 5.22. The molecule has 0 fully saturated rings. The Hall–Kier alpha value is -3.15. The summed E-state index contributed by atoms with van der Waals surface area (Å²) in [5.41, 5.74) is 6.53. The second kappa shape index (κ2) is 5.57. The number of aromatic nitrogens is 2. The second-order valence-electron chi connectivity index (χ2n) is 5.22. The molecule has 0 spiro atoms. The number of nitrogens with zero attached hydrogens (tertiary/aromatic N) is 3. The van der Waals surface area contributed by atoms with Crippen molar-refractivity contribution in [2.45, 2.75) is 6.92 Å². The molecular formula is C17H16N4O2. The van der Waals surface area contributed by atoms with E-state index in [9.17, 15) is 9.90 Å². The number of benzene rings is 1. The van der Waals surface area contributed by atoms with Gasteiger partial charge in [-0.2, -0.15) is 0 Å². The Labute approximate surface area is 132 Å². The van der Waals surface area contributed by atoms with E-state index >= 15 is 0 Å². The minimum absolute atomic E-state index is 0.0751. The Morgan fingerprint density at radius 2 is 1.96 bits per heavy atom. The summed E-state index contributed by atoms with van der Waals surface area (Å²) in [7, 11) is 1.67. The van der Waals surface area contributed by atoms with Crippen LogP contribution in [0.1, 0.15) is 12.5 Å². The summed E-state index contributed by atoms with van der Waals surface area (Å²) >= 11 is 0. The Kier molecular flexibility index (Phi) is 3.57. The number of nitrogen functional groups attached to an aromatic ring is 1. The van der Waals surface area contributed by atoms with Crippen LogP contribution >= 0.6 is 0 Å². The van der Waals surface area contributed by atoms with Crippen LogP contribution in [0.15, 0.2) is 52.3 Å². The van der Waals surface area contributed by atoms with Crippen LogP contribution in [0.4, 0.5) is 11.6 Å². The van der Waals surface area contributed by atoms with Gasteiger partial charge in [0, 0.05) is 12.4 Å². The SMILES string of the molecule is C/C(=N\c1cccc(N)n1)c1c(O)c2ccccc2n(C)c1=O. The average molecular weight is 308 g/mol. The maximum atomic E-state index is 12.6. The third-order valence-electron chi connectivity index (χ3n) is 3.68. The number of aliphatic imine (C=N–C) groups is 1. The molecule has 0 aliphatic rings. The van der Waals surface area contributed by atoms with Gasteiger partial charge in [-0.1, -0.05) is 18.2 Å². The van der Waals surface area contributed by atoms with Crippen LogP contribution in [-0.2, 0) is 7.05 Å². The largest absolute Gasteiger partial charge is 0.506 e. The summed E-state index contributed by atoms with van der Waals surface area (Å²) < 4.78 is 1.50. The predicted molar refractivity (Wildman–Crippen MR) is 91.4 cm³/mol. The number of hydrogen-bond donors (Lipinski definition) is 2. The molecule has 2 aromatic heterocycles. The standard InChI is InChI=1S/C17H16N4O2/c1-10(19-14-9-5-8-13(18)20-14)15-16(22)11-6-3-4-7-12(11)21(2)17(15)23/h3-9,22H,1-2H3,(H2,18,20)/b19-10+. The van der Waals surface area contributed by atoms with Gasteiger partial charge in [0.2, 0.25) is 0 Å². The molecular weight excluding hydrogens is 292 g/mol. The van der Waals surface area contributed by atoms with E-state index in [0.29, 0.717) is 28.3 Å². The molecule has 0 atom stereocenters. The van der Waals surface area contributed by atoms with Gasteiger partial charge >= 0.3 is 0 Å². The van der Waals surface area contributed by atoms with E-state index < -0.39 is 0 Å². The summed E-state index contributed by atoms with van der Waals surface area (Å²) in [6.07, 6.45) is 0. The summed E-state index contributed by atoms with van der Waals surface area (Å²) in [4.78, 5) is 21.0. The van der Waals surface area contributed by atoms with Crippen molar-refractivity contribution >= 4 is 28.3 Å². The number of nitrogens with two attached hydrogens (primary N) is 1. The molecule has 0 bridgehead atoms. The monoisotopic (exact) mass is 308 g/mol. The molecule has 1 aromatic carbocycles. The van der Waals surface area contributed by atoms with Gasteiger partial charge < -0.3 is 15.4 Å². The topological polar surface area (TPSA) is 93.5 Å². The van der Waals surface area contributed by atoms with Gasteiger partial charge in [0.1, 0.15) is 17.1 Å². The van der Waals surface area contributed by atoms with Crippen molar-refractivity contribution in [3.63, 3.8) is 0 Å². The average Bonchev–Trinajstić information content (AvgIpc) is 2.53. The molecule has 0 saturated carbocycles. The van der Waals surface area contributed by atoms with Crippen LogP contribution < -0.4 is 11.3 Å². The molecule has 2 heterocycles. The highest BCUT2D eigenvalue weighted by Gasteiger charge is 2.16. The molecule has 116 valence electrons. The molecule has 3 aromatic rings. The van der Waals surface area contributed by atoms with E-state index in [0.717, 1.165) is 0 Å². The highest BCUT2D eigenvalue weighted by Crippen LogP contribution is 2.26. The molecule has 3 rings (SSSR count). The van der Waals surface area contributed by atoms with Gasteiger partial charge in [-0.05, 0) is 31.2 Å². The van der Waals surface area contributed by atoms with Crippen LogP contribution in [0.2, 0.25) is 0 Å². The van der Waals surface area contributed by atoms with Crippen LogP contribution in [0.25, 0.3) is 10.9 Å². The number of fused-ring (bicyclic) bond motifs is 1. The molecule has 0 radical (unpaired) electrons. The fraction of sp³-hybridized carbons (Fsp3) is 0.118. The van der Waals surface area contributed by atoms with E-state index in [4.69, 9.17) is 5.73 Å². The first kappa shape index (κ1) is 14.8. The zero-order valence-corrected chi connectivity index (χ0v) is 12.8. The lowest BCUT2D eigenvalue weighted by molar-refractivity contribution is 0.478. The van der Waals surface area contributed by atoms with Gasteiger partial charge in [-0.25, -0.2) is 9.98 Å². The Morgan fingerprint density at radius 3 is 2.70 bits per heavy atom. The van der Waals surface area contributed by atoms with Crippen molar-refractivity contribution in [2.75, 3.05) is 5.73 Å². The molecule has 0 aliphatic heterocycles. The maximum absolute atomic E-state index is 12.6. The first-order valence-corrected chi connectivity index (χ1v) is 7.08. The van der Waals surface area contributed by atoms with E-state index in [2.05, 4.69) is 9.98 Å². The number of pyridine rings is 2. The first-order valence-electron chi connectivity index (χ1n) is 7.08. The highest BCUT2D eigenvalue weighted by atomic mass is 16.3. The molecule has 23 heavy (non-hydrogen) atoms. The van der Waals surface area contributed by atoms with Crippen molar-refractivity contribution in [1.29, 1.82) is 0 Å². The Bertz CT molecular complexity index is 990. The number of hydrogen-bond acceptors (Lipinski definition) is 5. The minimum atomic E-state index is -0.314. The smallest absolute Gasteiger partial charge is 0.263 e. The lowest BCUT2D eigenvalue weighted by Crippen LogP contribution is -2.24. The minimum Gasteiger partial charge on any atom is -0.506 e. The molecule has 0 amide bonds. The lowest BCUT2D eigenvalue weighted by Gasteiger charge is -2.11. The van der Waals surface area contributed by atoms with Gasteiger partial charge in [0.25, 0.3) is 5.56 Å². The van der Waals surface area contributed by atoms with E-state index in [1.165, 1.54) is 4.57 Å². The van der Waals surface area contributed by atoms with Gasteiger partial charge in [0.15, 0.2) is 5.82 Å². The molecule has 0 unspecified atom stereocenters. The number of para-hydroxylation sites is 1. The first-order chi connectivity index (χ1) is 11.0. The number of aryl methyl sites for hydroxylation is 1. The van der Waals surface area contributed by atoms with Crippen LogP contribution in [0.3, 0.4) is 0 Å². The van der Waals surface area contributed by atoms with Crippen molar-refractivity contribution in [1.82, 2.24) is 9.55 Å². The quantitative estimate of drug-likeness (QED) is 0.711. The molecule has 6 nitrogen and oxygen atoms in total. The molecule has 3 N–H and O–H groups in total. The molecule has 0 saturated heterocycles. The number of rotatable bonds is 2. The summed E-state index contributed by atoms with van der Waals surface area (Å²) in [5, 5.41) is 11.1. The van der Waals surface area contributed by atoms with Crippen molar-refractivity contribution in [2.24, 2.45) is 12.0 Å². The lowest BCUT2D eigenvalue weighted by atomic mass is 10.1. The van der Waals surface area contributed by atoms with Gasteiger partial charge in [-0.15, -0.1) is 0 Å². The summed E-state index contributed by atoms with van der Waals surface area (Å²) in [5.74, 6) is 0.653. The van der Waals surface area contributed by atoms with E-state index in [1.54, 1.807) is 44.3 Å². The van der Waals surface area contributed by atoms with Gasteiger partial charge in [0.05, 0.1) is 11.2 Å². The fourth-order valence-electron chi connectivity index (χ4n) is 2.54. The third-order valence-corrected chi connectivity index (χ3v) is 3.68. The zero-order chi connectivity index (χ0) is 16.6.